The Morgan fingerprint density at radius 2 is 1.73 bits per heavy atom. The summed E-state index contributed by atoms with van der Waals surface area (Å²) < 4.78 is 5.75. The molecule has 0 bridgehead atoms. The molecule has 0 saturated heterocycles. The lowest BCUT2D eigenvalue weighted by molar-refractivity contribution is -0.141. The number of ether oxygens (including phenoxy) is 1. The Balaban J connectivity index is 1.37. The van der Waals surface area contributed by atoms with Crippen LogP contribution >= 0.6 is 11.6 Å². The van der Waals surface area contributed by atoms with Crippen molar-refractivity contribution in [3.8, 4) is 11.5 Å². The zero-order valence-corrected chi connectivity index (χ0v) is 20.9. The zero-order chi connectivity index (χ0) is 26.4. The van der Waals surface area contributed by atoms with E-state index < -0.39 is 24.0 Å². The number of aliphatic imine (C=N–C) groups is 1. The van der Waals surface area contributed by atoms with E-state index in [0.29, 0.717) is 34.1 Å². The first-order chi connectivity index (χ1) is 17.8. The zero-order valence-electron chi connectivity index (χ0n) is 20.1. The molecule has 8 nitrogen and oxygen atoms in total. The number of benzene rings is 3. The van der Waals surface area contributed by atoms with Crippen LogP contribution in [0, 0.1) is 5.92 Å². The summed E-state index contributed by atoms with van der Waals surface area (Å²) in [6, 6.07) is 21.7. The third kappa shape index (κ3) is 6.34. The van der Waals surface area contributed by atoms with E-state index in [4.69, 9.17) is 16.3 Å². The summed E-state index contributed by atoms with van der Waals surface area (Å²) in [4.78, 5) is 42.8. The van der Waals surface area contributed by atoms with Crippen LogP contribution in [0.5, 0.6) is 11.5 Å². The van der Waals surface area contributed by atoms with Crippen molar-refractivity contribution < 1.29 is 24.2 Å². The molecule has 2 N–H and O–H groups in total. The standard InChI is InChI=1S/C28H26ClN3O5/c1-18-24(27(34)35)25(20-7-5-8-21(29)17-20)32(28(36)31-18)16-6-15-30-26(33)19-11-13-23(14-12-19)37-22-9-3-2-4-10-22/h2-5,7-14,17,24-25H,6,15-16H2,1H3,(H,30,33)(H,34,35). The fourth-order valence-corrected chi connectivity index (χ4v) is 4.47. The number of carboxylic acid groups (broad SMARTS) is 1. The van der Waals surface area contributed by atoms with Gasteiger partial charge in [0, 0.05) is 29.4 Å². The molecule has 4 rings (SSSR count). The van der Waals surface area contributed by atoms with E-state index in [-0.39, 0.29) is 24.7 Å². The molecule has 0 spiro atoms. The average Bonchev–Trinajstić information content (AvgIpc) is 2.88. The van der Waals surface area contributed by atoms with Gasteiger partial charge in [0.1, 0.15) is 17.4 Å². The topological polar surface area (TPSA) is 108 Å². The van der Waals surface area contributed by atoms with Gasteiger partial charge in [0.2, 0.25) is 0 Å². The number of nitrogens with zero attached hydrogens (tertiary/aromatic N) is 2. The number of amides is 3. The van der Waals surface area contributed by atoms with Gasteiger partial charge in [-0.05, 0) is 67.4 Å². The second kappa shape index (κ2) is 11.7. The van der Waals surface area contributed by atoms with Crippen molar-refractivity contribution in [2.45, 2.75) is 19.4 Å². The Hall–Kier alpha value is -4.17. The van der Waals surface area contributed by atoms with Gasteiger partial charge in [0.25, 0.3) is 5.91 Å². The van der Waals surface area contributed by atoms with E-state index in [1.807, 2.05) is 30.3 Å². The van der Waals surface area contributed by atoms with Gasteiger partial charge in [-0.2, -0.15) is 0 Å². The molecule has 2 unspecified atom stereocenters. The lowest BCUT2D eigenvalue weighted by atomic mass is 9.87. The lowest BCUT2D eigenvalue weighted by Gasteiger charge is -2.38. The molecular weight excluding hydrogens is 494 g/mol. The molecule has 2 atom stereocenters. The van der Waals surface area contributed by atoms with Gasteiger partial charge >= 0.3 is 12.0 Å². The SMILES string of the molecule is CC1=NC(=O)N(CCCNC(=O)c2ccc(Oc3ccccc3)cc2)C(c2cccc(Cl)c2)C1C(=O)O. The minimum absolute atomic E-state index is 0.209. The molecule has 190 valence electrons. The third-order valence-corrected chi connectivity index (χ3v) is 6.27. The highest BCUT2D eigenvalue weighted by molar-refractivity contribution is 6.30. The highest BCUT2D eigenvalue weighted by atomic mass is 35.5. The Kier molecular flexibility index (Phi) is 8.20. The summed E-state index contributed by atoms with van der Waals surface area (Å²) in [6.07, 6.45) is 0.407. The quantitative estimate of drug-likeness (QED) is 0.358. The van der Waals surface area contributed by atoms with Gasteiger partial charge in [-0.15, -0.1) is 0 Å². The van der Waals surface area contributed by atoms with Gasteiger partial charge < -0.3 is 20.1 Å². The first kappa shape index (κ1) is 25.9. The van der Waals surface area contributed by atoms with E-state index >= 15 is 0 Å². The van der Waals surface area contributed by atoms with Crippen molar-refractivity contribution in [3.05, 3.63) is 95.0 Å². The summed E-state index contributed by atoms with van der Waals surface area (Å²) in [7, 11) is 0. The molecule has 1 heterocycles. The highest BCUT2D eigenvalue weighted by Gasteiger charge is 2.42. The number of para-hydroxylation sites is 1. The van der Waals surface area contributed by atoms with Gasteiger partial charge in [0.15, 0.2) is 0 Å². The maximum absolute atomic E-state index is 12.8. The molecule has 9 heteroatoms. The van der Waals surface area contributed by atoms with Crippen molar-refractivity contribution >= 4 is 35.2 Å². The number of nitrogens with one attached hydrogen (secondary N) is 1. The fraction of sp³-hybridized carbons (Fsp3) is 0.214. The summed E-state index contributed by atoms with van der Waals surface area (Å²) in [5, 5.41) is 13.2. The van der Waals surface area contributed by atoms with Crippen LogP contribution < -0.4 is 10.1 Å². The highest BCUT2D eigenvalue weighted by Crippen LogP contribution is 2.35. The van der Waals surface area contributed by atoms with Crippen LogP contribution in [0.15, 0.2) is 83.9 Å². The molecule has 3 aromatic carbocycles. The van der Waals surface area contributed by atoms with Gasteiger partial charge in [-0.1, -0.05) is 41.9 Å². The summed E-state index contributed by atoms with van der Waals surface area (Å²) >= 11 is 6.15. The van der Waals surface area contributed by atoms with Gasteiger partial charge in [0.05, 0.1) is 6.04 Å². The first-order valence-electron chi connectivity index (χ1n) is 11.8. The van der Waals surface area contributed by atoms with Crippen LogP contribution in [0.3, 0.4) is 0 Å². The largest absolute Gasteiger partial charge is 0.481 e. The third-order valence-electron chi connectivity index (χ3n) is 6.03. The Morgan fingerprint density at radius 3 is 2.41 bits per heavy atom. The molecule has 3 amide bonds. The van der Waals surface area contributed by atoms with Gasteiger partial charge in [-0.3, -0.25) is 9.59 Å². The van der Waals surface area contributed by atoms with Crippen molar-refractivity contribution in [1.29, 1.82) is 0 Å². The number of carboxylic acids is 1. The number of hydrogen-bond acceptors (Lipinski definition) is 4. The predicted molar refractivity (Wildman–Crippen MR) is 140 cm³/mol. The Bertz CT molecular complexity index is 1310. The lowest BCUT2D eigenvalue weighted by Crippen LogP contribution is -2.47. The molecule has 37 heavy (non-hydrogen) atoms. The Labute approximate surface area is 219 Å². The molecule has 0 radical (unpaired) electrons. The second-order valence-corrected chi connectivity index (χ2v) is 9.03. The maximum atomic E-state index is 12.8. The van der Waals surface area contributed by atoms with E-state index in [0.717, 1.165) is 0 Å². The van der Waals surface area contributed by atoms with Crippen molar-refractivity contribution in [2.75, 3.05) is 13.1 Å². The Morgan fingerprint density at radius 1 is 1.03 bits per heavy atom. The second-order valence-electron chi connectivity index (χ2n) is 8.59. The molecular formula is C28H26ClN3O5. The monoisotopic (exact) mass is 519 g/mol. The number of aliphatic carboxylic acids is 1. The minimum Gasteiger partial charge on any atom is -0.481 e. The van der Waals surface area contributed by atoms with Crippen LogP contribution in [-0.4, -0.2) is 46.7 Å². The van der Waals surface area contributed by atoms with Crippen LogP contribution in [-0.2, 0) is 4.79 Å². The van der Waals surface area contributed by atoms with Crippen LogP contribution in [0.2, 0.25) is 5.02 Å². The number of halogens is 1. The van der Waals surface area contributed by atoms with Gasteiger partial charge in [-0.25, -0.2) is 9.79 Å². The summed E-state index contributed by atoms with van der Waals surface area (Å²) in [5.41, 5.74) is 1.33. The predicted octanol–water partition coefficient (Wildman–Crippen LogP) is 5.59. The molecule has 0 aliphatic carbocycles. The molecule has 0 fully saturated rings. The van der Waals surface area contributed by atoms with Crippen LogP contribution in [0.4, 0.5) is 4.79 Å². The normalized spacial score (nSPS) is 17.2. The summed E-state index contributed by atoms with van der Waals surface area (Å²) in [6.45, 7) is 2.04. The summed E-state index contributed by atoms with van der Waals surface area (Å²) in [5.74, 6) is -1.02. The van der Waals surface area contributed by atoms with E-state index in [2.05, 4.69) is 10.3 Å². The number of rotatable bonds is 9. The number of carbonyl (C=O) groups is 3. The molecule has 0 saturated carbocycles. The average molecular weight is 520 g/mol. The number of hydrogen-bond donors (Lipinski definition) is 2. The molecule has 1 aliphatic heterocycles. The van der Waals surface area contributed by atoms with Crippen LogP contribution in [0.25, 0.3) is 0 Å². The van der Waals surface area contributed by atoms with Crippen molar-refractivity contribution in [3.63, 3.8) is 0 Å². The molecule has 3 aromatic rings. The first-order valence-corrected chi connectivity index (χ1v) is 12.2. The minimum atomic E-state index is -1.07. The van der Waals surface area contributed by atoms with Crippen molar-refractivity contribution in [2.24, 2.45) is 10.9 Å². The number of carbonyl (C=O) groups excluding carboxylic acids is 2. The molecule has 1 aliphatic rings. The number of urea groups is 1. The maximum Gasteiger partial charge on any atom is 0.344 e. The van der Waals surface area contributed by atoms with E-state index in [1.165, 1.54) is 4.90 Å². The smallest absolute Gasteiger partial charge is 0.344 e. The fourth-order valence-electron chi connectivity index (χ4n) is 4.28. The van der Waals surface area contributed by atoms with E-state index in [1.54, 1.807) is 55.5 Å². The van der Waals surface area contributed by atoms with E-state index in [9.17, 15) is 19.5 Å². The molecule has 0 aromatic heterocycles. The van der Waals surface area contributed by atoms with Crippen molar-refractivity contribution in [1.82, 2.24) is 10.2 Å². The van der Waals surface area contributed by atoms with Crippen LogP contribution in [0.1, 0.15) is 35.3 Å².